The maximum atomic E-state index is 13.5. The molecule has 2 rings (SSSR count). The van der Waals surface area contributed by atoms with Gasteiger partial charge in [-0.1, -0.05) is 0 Å². The van der Waals surface area contributed by atoms with Crippen molar-refractivity contribution >= 4 is 11.5 Å². The molecule has 0 aromatic carbocycles. The Kier molecular flexibility index (Phi) is 2.98. The first-order valence-electron chi connectivity index (χ1n) is 4.76. The van der Waals surface area contributed by atoms with Gasteiger partial charge >= 0.3 is 0 Å². The molecule has 0 amide bonds. The number of pyridine rings is 1. The lowest BCUT2D eigenvalue weighted by Crippen LogP contribution is -2.36. The lowest BCUT2D eigenvalue weighted by atomic mass is 10.3. The molecule has 0 atom stereocenters. The normalized spacial score (nSPS) is 16.5. The summed E-state index contributed by atoms with van der Waals surface area (Å²) in [5.41, 5.74) is 2.91. The number of hydrazine groups is 1. The third-order valence-electron chi connectivity index (χ3n) is 2.33. The second-order valence-corrected chi connectivity index (χ2v) is 3.26. The van der Waals surface area contributed by atoms with Crippen LogP contribution < -0.4 is 16.2 Å². The molecule has 0 unspecified atom stereocenters. The van der Waals surface area contributed by atoms with Crippen molar-refractivity contribution in [2.75, 3.05) is 36.6 Å². The van der Waals surface area contributed by atoms with Crippen molar-refractivity contribution in [1.82, 2.24) is 4.98 Å². The van der Waals surface area contributed by atoms with E-state index in [1.54, 1.807) is 6.07 Å². The summed E-state index contributed by atoms with van der Waals surface area (Å²) < 4.78 is 18.7. The maximum Gasteiger partial charge on any atom is 0.164 e. The lowest BCUT2D eigenvalue weighted by Gasteiger charge is -2.29. The van der Waals surface area contributed by atoms with Crippen molar-refractivity contribution in [2.45, 2.75) is 0 Å². The van der Waals surface area contributed by atoms with Gasteiger partial charge in [-0.25, -0.2) is 15.2 Å². The standard InChI is InChI=1S/C9H13FN4O/c10-7-6-12-9(13-11)5-8(7)14-1-3-15-4-2-14/h5-6H,1-4,11H2,(H,12,13). The number of hydrogen-bond acceptors (Lipinski definition) is 5. The van der Waals surface area contributed by atoms with E-state index in [1.807, 2.05) is 4.90 Å². The van der Waals surface area contributed by atoms with Gasteiger partial charge in [-0.15, -0.1) is 0 Å². The van der Waals surface area contributed by atoms with Gasteiger partial charge in [0.25, 0.3) is 0 Å². The number of aromatic nitrogens is 1. The van der Waals surface area contributed by atoms with Crippen LogP contribution >= 0.6 is 0 Å². The second kappa shape index (κ2) is 4.41. The van der Waals surface area contributed by atoms with Gasteiger partial charge in [0.2, 0.25) is 0 Å². The van der Waals surface area contributed by atoms with Crippen LogP contribution in [0.3, 0.4) is 0 Å². The van der Waals surface area contributed by atoms with Crippen molar-refractivity contribution in [3.8, 4) is 0 Å². The molecule has 1 saturated heterocycles. The smallest absolute Gasteiger partial charge is 0.164 e. The summed E-state index contributed by atoms with van der Waals surface area (Å²) in [7, 11) is 0. The third kappa shape index (κ3) is 2.16. The summed E-state index contributed by atoms with van der Waals surface area (Å²) in [6, 6.07) is 1.60. The minimum Gasteiger partial charge on any atom is -0.378 e. The largest absolute Gasteiger partial charge is 0.378 e. The molecular weight excluding hydrogens is 199 g/mol. The average Bonchev–Trinajstić information content (AvgIpc) is 2.31. The highest BCUT2D eigenvalue weighted by Gasteiger charge is 2.15. The number of nitrogens with zero attached hydrogens (tertiary/aromatic N) is 2. The summed E-state index contributed by atoms with van der Waals surface area (Å²) in [6.07, 6.45) is 1.17. The number of halogens is 1. The molecule has 6 heteroatoms. The lowest BCUT2D eigenvalue weighted by molar-refractivity contribution is 0.122. The van der Waals surface area contributed by atoms with Crippen LogP contribution in [0, 0.1) is 5.82 Å². The van der Waals surface area contributed by atoms with Gasteiger partial charge in [0, 0.05) is 19.2 Å². The molecule has 82 valence electrons. The Balaban J connectivity index is 2.24. The van der Waals surface area contributed by atoms with Crippen LogP contribution in [0.15, 0.2) is 12.3 Å². The van der Waals surface area contributed by atoms with E-state index in [-0.39, 0.29) is 5.82 Å². The second-order valence-electron chi connectivity index (χ2n) is 3.26. The molecule has 0 spiro atoms. The average molecular weight is 212 g/mol. The summed E-state index contributed by atoms with van der Waals surface area (Å²) in [6.45, 7) is 2.61. The topological polar surface area (TPSA) is 63.4 Å². The van der Waals surface area contributed by atoms with Crippen molar-refractivity contribution in [1.29, 1.82) is 0 Å². The summed E-state index contributed by atoms with van der Waals surface area (Å²) in [4.78, 5) is 5.70. The Labute approximate surface area is 87.0 Å². The highest BCUT2D eigenvalue weighted by molar-refractivity contribution is 5.54. The summed E-state index contributed by atoms with van der Waals surface area (Å²) in [5.74, 6) is 5.34. The van der Waals surface area contributed by atoms with Gasteiger partial charge < -0.3 is 15.1 Å². The highest BCUT2D eigenvalue weighted by Crippen LogP contribution is 2.21. The van der Waals surface area contributed by atoms with Crippen LogP contribution in [-0.2, 0) is 4.74 Å². The zero-order chi connectivity index (χ0) is 10.7. The highest BCUT2D eigenvalue weighted by atomic mass is 19.1. The molecule has 0 bridgehead atoms. The van der Waals surface area contributed by atoms with Gasteiger partial charge in [-0.2, -0.15) is 0 Å². The summed E-state index contributed by atoms with van der Waals surface area (Å²) in [5, 5.41) is 0. The monoisotopic (exact) mass is 212 g/mol. The van der Waals surface area contributed by atoms with E-state index in [0.717, 1.165) is 0 Å². The first-order valence-corrected chi connectivity index (χ1v) is 4.76. The molecule has 1 aliphatic rings. The van der Waals surface area contributed by atoms with E-state index in [1.165, 1.54) is 6.20 Å². The molecule has 1 aliphatic heterocycles. The predicted molar refractivity (Wildman–Crippen MR) is 55.0 cm³/mol. The molecule has 1 fully saturated rings. The molecular formula is C9H13FN4O. The van der Waals surface area contributed by atoms with Crippen molar-refractivity contribution in [2.24, 2.45) is 5.84 Å². The maximum absolute atomic E-state index is 13.5. The van der Waals surface area contributed by atoms with Crippen molar-refractivity contribution in [3.63, 3.8) is 0 Å². The minimum absolute atomic E-state index is 0.337. The third-order valence-corrected chi connectivity index (χ3v) is 2.33. The molecule has 3 N–H and O–H groups in total. The van der Waals surface area contributed by atoms with Crippen LogP contribution in [0.1, 0.15) is 0 Å². The number of nitrogens with two attached hydrogens (primary N) is 1. The first kappa shape index (κ1) is 10.1. The Hall–Kier alpha value is -1.40. The molecule has 1 aromatic heterocycles. The van der Waals surface area contributed by atoms with Crippen LogP contribution in [0.25, 0.3) is 0 Å². The molecule has 0 saturated carbocycles. The summed E-state index contributed by atoms with van der Waals surface area (Å²) >= 11 is 0. The van der Waals surface area contributed by atoms with Gasteiger partial charge in [0.1, 0.15) is 5.82 Å². The number of anilines is 2. The number of morpholine rings is 1. The van der Waals surface area contributed by atoms with Crippen molar-refractivity contribution < 1.29 is 9.13 Å². The predicted octanol–water partition coefficient (Wildman–Crippen LogP) is 0.343. The number of hydrogen-bond donors (Lipinski definition) is 2. The van der Waals surface area contributed by atoms with E-state index in [0.29, 0.717) is 37.8 Å². The zero-order valence-corrected chi connectivity index (χ0v) is 8.24. The van der Waals surface area contributed by atoms with Crippen LogP contribution in [-0.4, -0.2) is 31.3 Å². The Morgan fingerprint density at radius 1 is 1.47 bits per heavy atom. The van der Waals surface area contributed by atoms with Crippen LogP contribution in [0.4, 0.5) is 15.9 Å². The molecule has 15 heavy (non-hydrogen) atoms. The molecule has 2 heterocycles. The van der Waals surface area contributed by atoms with Gasteiger partial charge in [-0.05, 0) is 0 Å². The fourth-order valence-electron chi connectivity index (χ4n) is 1.55. The van der Waals surface area contributed by atoms with E-state index in [9.17, 15) is 4.39 Å². The fraction of sp³-hybridized carbons (Fsp3) is 0.444. The van der Waals surface area contributed by atoms with Gasteiger partial charge in [0.15, 0.2) is 5.82 Å². The number of nitrogen functional groups attached to an aromatic ring is 1. The molecule has 5 nitrogen and oxygen atoms in total. The number of ether oxygens (including phenoxy) is 1. The Morgan fingerprint density at radius 3 is 2.87 bits per heavy atom. The molecule has 0 aliphatic carbocycles. The van der Waals surface area contributed by atoms with E-state index in [2.05, 4.69) is 10.4 Å². The van der Waals surface area contributed by atoms with E-state index >= 15 is 0 Å². The first-order chi connectivity index (χ1) is 7.31. The molecule has 0 radical (unpaired) electrons. The SMILES string of the molecule is NNc1cc(N2CCOCC2)c(F)cn1. The Bertz CT molecular complexity index is 341. The molecule has 1 aromatic rings. The van der Waals surface area contributed by atoms with Crippen LogP contribution in [0.5, 0.6) is 0 Å². The quantitative estimate of drug-likeness (QED) is 0.547. The fourth-order valence-corrected chi connectivity index (χ4v) is 1.55. The van der Waals surface area contributed by atoms with Crippen LogP contribution in [0.2, 0.25) is 0 Å². The minimum atomic E-state index is -0.337. The zero-order valence-electron chi connectivity index (χ0n) is 8.24. The van der Waals surface area contributed by atoms with Gasteiger partial charge in [0.05, 0.1) is 25.1 Å². The number of rotatable bonds is 2. The van der Waals surface area contributed by atoms with Gasteiger partial charge in [-0.3, -0.25) is 0 Å². The van der Waals surface area contributed by atoms with Crippen molar-refractivity contribution in [3.05, 3.63) is 18.1 Å². The number of nitrogens with one attached hydrogen (secondary N) is 1. The van der Waals surface area contributed by atoms with E-state index < -0.39 is 0 Å². The van der Waals surface area contributed by atoms with E-state index in [4.69, 9.17) is 10.6 Å². The Morgan fingerprint density at radius 2 is 2.20 bits per heavy atom.